The monoisotopic (exact) mass is 221 g/mol. The first kappa shape index (κ1) is 13.2. The van der Waals surface area contributed by atoms with Crippen molar-refractivity contribution in [3.63, 3.8) is 0 Å². The summed E-state index contributed by atoms with van der Waals surface area (Å²) in [5.41, 5.74) is 2.23. The molecule has 0 amide bonds. The first-order chi connectivity index (χ1) is 7.60. The molecule has 1 N–H and O–H groups in total. The van der Waals surface area contributed by atoms with Gasteiger partial charge >= 0.3 is 0 Å². The summed E-state index contributed by atoms with van der Waals surface area (Å²) in [6.45, 7) is 10.3. The first-order valence-electron chi connectivity index (χ1n) is 6.08. The summed E-state index contributed by atoms with van der Waals surface area (Å²) in [5, 5.41) is 10.3. The van der Waals surface area contributed by atoms with Crippen LogP contribution >= 0.6 is 0 Å². The predicted octanol–water partition coefficient (Wildman–Crippen LogP) is 2.76. The Balaban J connectivity index is 2.76. The highest BCUT2D eigenvalue weighted by molar-refractivity contribution is 5.23. The zero-order valence-electron chi connectivity index (χ0n) is 10.8. The van der Waals surface area contributed by atoms with Gasteiger partial charge in [0, 0.05) is 6.04 Å². The third kappa shape index (κ3) is 3.06. The molecule has 2 unspecified atom stereocenters. The Morgan fingerprint density at radius 3 is 2.06 bits per heavy atom. The van der Waals surface area contributed by atoms with Crippen LogP contribution in [0.1, 0.15) is 38.0 Å². The minimum absolute atomic E-state index is 0.165. The Morgan fingerprint density at radius 2 is 1.62 bits per heavy atom. The highest BCUT2D eigenvalue weighted by Crippen LogP contribution is 2.20. The fourth-order valence-electron chi connectivity index (χ4n) is 2.04. The molecule has 0 saturated carbocycles. The van der Waals surface area contributed by atoms with Crippen LogP contribution in [0.25, 0.3) is 0 Å². The van der Waals surface area contributed by atoms with E-state index < -0.39 is 6.10 Å². The van der Waals surface area contributed by atoms with Crippen LogP contribution in [0.5, 0.6) is 0 Å². The Hall–Kier alpha value is -0.860. The maximum atomic E-state index is 10.3. The summed E-state index contributed by atoms with van der Waals surface area (Å²) in [5.74, 6) is 0. The van der Waals surface area contributed by atoms with E-state index in [1.807, 2.05) is 24.3 Å². The van der Waals surface area contributed by atoms with Crippen molar-refractivity contribution in [2.75, 3.05) is 13.1 Å². The van der Waals surface area contributed by atoms with E-state index in [0.29, 0.717) is 0 Å². The van der Waals surface area contributed by atoms with E-state index in [2.05, 4.69) is 32.6 Å². The average Bonchev–Trinajstić information content (AvgIpc) is 2.30. The fourth-order valence-corrected chi connectivity index (χ4v) is 2.04. The Bertz CT molecular complexity index is 303. The molecule has 0 spiro atoms. The van der Waals surface area contributed by atoms with Crippen molar-refractivity contribution in [1.82, 2.24) is 4.90 Å². The third-order valence-corrected chi connectivity index (χ3v) is 3.26. The molecule has 90 valence electrons. The Kier molecular flexibility index (Phi) is 4.97. The summed E-state index contributed by atoms with van der Waals surface area (Å²) >= 11 is 0. The number of rotatable bonds is 5. The molecule has 0 radical (unpaired) electrons. The summed E-state index contributed by atoms with van der Waals surface area (Å²) in [6.07, 6.45) is -0.402. The van der Waals surface area contributed by atoms with Gasteiger partial charge in [0.05, 0.1) is 6.10 Å². The lowest BCUT2D eigenvalue weighted by atomic mass is 10.0. The maximum Gasteiger partial charge on any atom is 0.0942 e. The van der Waals surface area contributed by atoms with Crippen LogP contribution in [0.4, 0.5) is 0 Å². The van der Waals surface area contributed by atoms with Crippen LogP contribution in [0.3, 0.4) is 0 Å². The van der Waals surface area contributed by atoms with Crippen LogP contribution in [0, 0.1) is 6.92 Å². The molecule has 1 aromatic rings. The number of nitrogens with zero attached hydrogens (tertiary/aromatic N) is 1. The highest BCUT2D eigenvalue weighted by Gasteiger charge is 2.20. The smallest absolute Gasteiger partial charge is 0.0942 e. The Labute approximate surface area is 98.9 Å². The number of hydrogen-bond acceptors (Lipinski definition) is 2. The Morgan fingerprint density at radius 1 is 1.12 bits per heavy atom. The van der Waals surface area contributed by atoms with Gasteiger partial charge in [-0.1, -0.05) is 43.7 Å². The molecule has 0 saturated heterocycles. The van der Waals surface area contributed by atoms with Gasteiger partial charge < -0.3 is 5.11 Å². The molecule has 0 heterocycles. The topological polar surface area (TPSA) is 23.5 Å². The molecule has 1 aromatic carbocycles. The maximum absolute atomic E-state index is 10.3. The number of hydrogen-bond donors (Lipinski definition) is 1. The molecule has 0 aliphatic rings. The molecule has 1 rings (SSSR count). The van der Waals surface area contributed by atoms with Crippen LogP contribution in [0.15, 0.2) is 24.3 Å². The molecular weight excluding hydrogens is 198 g/mol. The third-order valence-electron chi connectivity index (χ3n) is 3.26. The average molecular weight is 221 g/mol. The van der Waals surface area contributed by atoms with Crippen LogP contribution in [-0.2, 0) is 0 Å². The minimum Gasteiger partial charge on any atom is -0.387 e. The van der Waals surface area contributed by atoms with Gasteiger partial charge in [-0.25, -0.2) is 0 Å². The van der Waals surface area contributed by atoms with Crippen molar-refractivity contribution in [3.8, 4) is 0 Å². The summed E-state index contributed by atoms with van der Waals surface area (Å²) in [7, 11) is 0. The van der Waals surface area contributed by atoms with Crippen molar-refractivity contribution in [2.45, 2.75) is 39.8 Å². The quantitative estimate of drug-likeness (QED) is 0.826. The van der Waals surface area contributed by atoms with Gasteiger partial charge in [0.15, 0.2) is 0 Å². The number of likely N-dealkylation sites (N-methyl/N-ethyl adjacent to an activating group) is 1. The SMILES string of the molecule is CCN(CC)C(C)C(O)c1ccc(C)cc1. The second-order valence-electron chi connectivity index (χ2n) is 4.32. The minimum atomic E-state index is -0.402. The van der Waals surface area contributed by atoms with Crippen molar-refractivity contribution in [1.29, 1.82) is 0 Å². The van der Waals surface area contributed by atoms with Crippen LogP contribution in [-0.4, -0.2) is 29.1 Å². The number of benzene rings is 1. The standard InChI is InChI=1S/C14H23NO/c1-5-15(6-2)12(4)14(16)13-9-7-11(3)8-10-13/h7-10,12,14,16H,5-6H2,1-4H3. The lowest BCUT2D eigenvalue weighted by Crippen LogP contribution is -2.37. The molecule has 0 aliphatic heterocycles. The largest absolute Gasteiger partial charge is 0.387 e. The summed E-state index contributed by atoms with van der Waals surface area (Å²) in [4.78, 5) is 2.27. The van der Waals surface area contributed by atoms with E-state index in [1.165, 1.54) is 5.56 Å². The number of aryl methyl sites for hydroxylation is 1. The molecule has 2 nitrogen and oxygen atoms in total. The van der Waals surface area contributed by atoms with Crippen molar-refractivity contribution in [2.24, 2.45) is 0 Å². The van der Waals surface area contributed by atoms with Gasteiger partial charge in [0.25, 0.3) is 0 Å². The predicted molar refractivity (Wildman–Crippen MR) is 68.5 cm³/mol. The van der Waals surface area contributed by atoms with E-state index in [-0.39, 0.29) is 6.04 Å². The van der Waals surface area contributed by atoms with Gasteiger partial charge in [-0.05, 0) is 32.5 Å². The van der Waals surface area contributed by atoms with Crippen LogP contribution in [0.2, 0.25) is 0 Å². The lowest BCUT2D eigenvalue weighted by Gasteiger charge is -2.30. The van der Waals surface area contributed by atoms with E-state index in [1.54, 1.807) is 0 Å². The number of aliphatic hydroxyl groups is 1. The molecule has 0 aromatic heterocycles. The molecule has 16 heavy (non-hydrogen) atoms. The second kappa shape index (κ2) is 6.02. The fraction of sp³-hybridized carbons (Fsp3) is 0.571. The first-order valence-corrected chi connectivity index (χ1v) is 6.08. The number of aliphatic hydroxyl groups excluding tert-OH is 1. The zero-order valence-corrected chi connectivity index (χ0v) is 10.8. The van der Waals surface area contributed by atoms with Gasteiger partial charge in [0.1, 0.15) is 0 Å². The van der Waals surface area contributed by atoms with Gasteiger partial charge in [-0.3, -0.25) is 4.90 Å². The summed E-state index contributed by atoms with van der Waals surface area (Å²) in [6, 6.07) is 8.29. The molecule has 0 fully saturated rings. The van der Waals surface area contributed by atoms with Crippen LogP contribution < -0.4 is 0 Å². The van der Waals surface area contributed by atoms with Crippen molar-refractivity contribution < 1.29 is 5.11 Å². The van der Waals surface area contributed by atoms with Gasteiger partial charge in [0.2, 0.25) is 0 Å². The molecule has 2 atom stereocenters. The summed E-state index contributed by atoms with van der Waals surface area (Å²) < 4.78 is 0. The zero-order chi connectivity index (χ0) is 12.1. The van der Waals surface area contributed by atoms with Gasteiger partial charge in [-0.2, -0.15) is 0 Å². The molecule has 0 aliphatic carbocycles. The van der Waals surface area contributed by atoms with Crippen molar-refractivity contribution >= 4 is 0 Å². The molecule has 2 heteroatoms. The highest BCUT2D eigenvalue weighted by atomic mass is 16.3. The molecular formula is C14H23NO. The lowest BCUT2D eigenvalue weighted by molar-refractivity contribution is 0.0638. The van der Waals surface area contributed by atoms with E-state index in [0.717, 1.165) is 18.7 Å². The normalized spacial score (nSPS) is 15.1. The molecule has 0 bridgehead atoms. The van der Waals surface area contributed by atoms with E-state index in [4.69, 9.17) is 0 Å². The van der Waals surface area contributed by atoms with E-state index >= 15 is 0 Å². The van der Waals surface area contributed by atoms with Crippen molar-refractivity contribution in [3.05, 3.63) is 35.4 Å². The van der Waals surface area contributed by atoms with E-state index in [9.17, 15) is 5.11 Å². The van der Waals surface area contributed by atoms with Gasteiger partial charge in [-0.15, -0.1) is 0 Å². The second-order valence-corrected chi connectivity index (χ2v) is 4.32.